The highest BCUT2D eigenvalue weighted by Crippen LogP contribution is 2.11. The summed E-state index contributed by atoms with van der Waals surface area (Å²) in [5.41, 5.74) is 0. The van der Waals surface area contributed by atoms with Gasteiger partial charge in [0.15, 0.2) is 0 Å². The number of halogens is 1. The molecule has 2 N–H and O–H groups in total. The van der Waals surface area contributed by atoms with Crippen LogP contribution in [0, 0.1) is 5.92 Å². The predicted molar refractivity (Wildman–Crippen MR) is 70.0 cm³/mol. The van der Waals surface area contributed by atoms with Gasteiger partial charge in [0.05, 0.1) is 5.92 Å². The van der Waals surface area contributed by atoms with E-state index in [1.807, 2.05) is 0 Å². The Morgan fingerprint density at radius 3 is 2.75 bits per heavy atom. The largest absolute Gasteiger partial charge is 0.353 e. The molecule has 1 rings (SSSR count). The van der Waals surface area contributed by atoms with E-state index in [2.05, 4.69) is 24.5 Å². The highest BCUT2D eigenvalue weighted by atomic mass is 35.5. The minimum Gasteiger partial charge on any atom is -0.353 e. The summed E-state index contributed by atoms with van der Waals surface area (Å²) in [4.78, 5) is 11.9. The molecular weight excluding hydrogens is 224 g/mol. The fourth-order valence-electron chi connectivity index (χ4n) is 2.12. The lowest BCUT2D eigenvalue weighted by molar-refractivity contribution is -0.126. The zero-order valence-electron chi connectivity index (χ0n) is 10.4. The summed E-state index contributed by atoms with van der Waals surface area (Å²) in [6.07, 6.45) is 5.45. The third-order valence-electron chi connectivity index (χ3n) is 3.14. The van der Waals surface area contributed by atoms with Crippen LogP contribution in [0.15, 0.2) is 0 Å². The minimum absolute atomic E-state index is 0. The van der Waals surface area contributed by atoms with Crippen molar-refractivity contribution in [3.8, 4) is 0 Å². The Morgan fingerprint density at radius 2 is 2.25 bits per heavy atom. The van der Waals surface area contributed by atoms with E-state index in [-0.39, 0.29) is 24.2 Å². The van der Waals surface area contributed by atoms with Crippen LogP contribution in [0.3, 0.4) is 0 Å². The first-order valence-corrected chi connectivity index (χ1v) is 6.29. The summed E-state index contributed by atoms with van der Waals surface area (Å²) >= 11 is 0. The molecule has 0 radical (unpaired) electrons. The van der Waals surface area contributed by atoms with Crippen LogP contribution in [-0.2, 0) is 4.79 Å². The van der Waals surface area contributed by atoms with Gasteiger partial charge in [-0.2, -0.15) is 0 Å². The molecular formula is C12H25ClN2O. The molecule has 1 fully saturated rings. The first-order valence-electron chi connectivity index (χ1n) is 6.29. The predicted octanol–water partition coefficient (Wildman–Crippen LogP) is 2.10. The average molecular weight is 249 g/mol. The topological polar surface area (TPSA) is 41.1 Å². The second-order valence-electron chi connectivity index (χ2n) is 4.45. The number of carbonyl (C=O) groups is 1. The van der Waals surface area contributed by atoms with Crippen LogP contribution in [0.1, 0.15) is 46.0 Å². The number of hydrogen-bond donors (Lipinski definition) is 2. The molecule has 1 aliphatic heterocycles. The Bertz CT molecular complexity index is 193. The van der Waals surface area contributed by atoms with E-state index in [1.54, 1.807) is 0 Å². The molecule has 1 aliphatic rings. The van der Waals surface area contributed by atoms with Crippen molar-refractivity contribution in [1.82, 2.24) is 10.6 Å². The normalized spacial score (nSPS) is 22.0. The summed E-state index contributed by atoms with van der Waals surface area (Å²) in [7, 11) is 0. The van der Waals surface area contributed by atoms with Gasteiger partial charge < -0.3 is 10.6 Å². The molecule has 0 aromatic rings. The van der Waals surface area contributed by atoms with Crippen LogP contribution in [0.2, 0.25) is 0 Å². The third kappa shape index (κ3) is 5.17. The summed E-state index contributed by atoms with van der Waals surface area (Å²) in [6, 6.07) is 0.379. The first kappa shape index (κ1) is 15.7. The van der Waals surface area contributed by atoms with Crippen LogP contribution in [0.4, 0.5) is 0 Å². The van der Waals surface area contributed by atoms with E-state index in [0.717, 1.165) is 45.2 Å². The lowest BCUT2D eigenvalue weighted by atomic mass is 9.98. The maximum Gasteiger partial charge on any atom is 0.224 e. The van der Waals surface area contributed by atoms with Crippen LogP contribution in [0.5, 0.6) is 0 Å². The molecule has 1 saturated heterocycles. The molecule has 96 valence electrons. The Morgan fingerprint density at radius 1 is 1.50 bits per heavy atom. The number of amides is 1. The second kappa shape index (κ2) is 8.82. The fraction of sp³-hybridized carbons (Fsp3) is 0.917. The summed E-state index contributed by atoms with van der Waals surface area (Å²) in [6.45, 7) is 6.22. The van der Waals surface area contributed by atoms with Gasteiger partial charge in [0.1, 0.15) is 0 Å². The number of piperidine rings is 1. The molecule has 2 atom stereocenters. The molecule has 4 heteroatoms. The van der Waals surface area contributed by atoms with Crippen molar-refractivity contribution in [2.24, 2.45) is 5.92 Å². The van der Waals surface area contributed by atoms with E-state index in [4.69, 9.17) is 0 Å². The molecule has 16 heavy (non-hydrogen) atoms. The van der Waals surface area contributed by atoms with E-state index in [1.165, 1.54) is 0 Å². The van der Waals surface area contributed by atoms with Crippen molar-refractivity contribution >= 4 is 18.3 Å². The Kier molecular flexibility index (Phi) is 8.67. The molecule has 0 aromatic carbocycles. The van der Waals surface area contributed by atoms with Gasteiger partial charge in [-0.3, -0.25) is 4.79 Å². The molecule has 2 unspecified atom stereocenters. The van der Waals surface area contributed by atoms with Crippen molar-refractivity contribution < 1.29 is 4.79 Å². The van der Waals surface area contributed by atoms with E-state index in [9.17, 15) is 4.79 Å². The summed E-state index contributed by atoms with van der Waals surface area (Å²) in [5, 5.41) is 6.44. The Balaban J connectivity index is 0.00000225. The van der Waals surface area contributed by atoms with Gasteiger partial charge in [-0.25, -0.2) is 0 Å². The average Bonchev–Trinajstić information content (AvgIpc) is 2.29. The number of carbonyl (C=O) groups excluding carboxylic acids is 1. The zero-order chi connectivity index (χ0) is 11.1. The first-order chi connectivity index (χ1) is 7.27. The molecule has 1 amide bonds. The quantitative estimate of drug-likeness (QED) is 0.783. The SMILES string of the molecule is CCCC(CC)NC(=O)C1CCCNC1.Cl. The Hall–Kier alpha value is -0.280. The Labute approximate surface area is 105 Å². The maximum atomic E-state index is 11.9. The van der Waals surface area contributed by atoms with Crippen molar-refractivity contribution in [2.45, 2.75) is 52.0 Å². The number of hydrogen-bond acceptors (Lipinski definition) is 2. The lowest BCUT2D eigenvalue weighted by Crippen LogP contribution is -2.44. The highest BCUT2D eigenvalue weighted by Gasteiger charge is 2.22. The molecule has 0 aliphatic carbocycles. The molecule has 0 aromatic heterocycles. The van der Waals surface area contributed by atoms with E-state index in [0.29, 0.717) is 6.04 Å². The molecule has 1 heterocycles. The van der Waals surface area contributed by atoms with Gasteiger partial charge in [-0.05, 0) is 32.2 Å². The monoisotopic (exact) mass is 248 g/mol. The zero-order valence-corrected chi connectivity index (χ0v) is 11.2. The van der Waals surface area contributed by atoms with Crippen LogP contribution in [0.25, 0.3) is 0 Å². The van der Waals surface area contributed by atoms with Gasteiger partial charge >= 0.3 is 0 Å². The van der Waals surface area contributed by atoms with E-state index >= 15 is 0 Å². The second-order valence-corrected chi connectivity index (χ2v) is 4.45. The minimum atomic E-state index is 0. The van der Waals surface area contributed by atoms with Gasteiger partial charge in [0.25, 0.3) is 0 Å². The third-order valence-corrected chi connectivity index (χ3v) is 3.14. The lowest BCUT2D eigenvalue weighted by Gasteiger charge is -2.24. The van der Waals surface area contributed by atoms with Gasteiger partial charge in [0.2, 0.25) is 5.91 Å². The molecule has 3 nitrogen and oxygen atoms in total. The van der Waals surface area contributed by atoms with Crippen molar-refractivity contribution in [2.75, 3.05) is 13.1 Å². The molecule has 0 bridgehead atoms. The van der Waals surface area contributed by atoms with Gasteiger partial charge in [-0.1, -0.05) is 20.3 Å². The highest BCUT2D eigenvalue weighted by molar-refractivity contribution is 5.85. The number of nitrogens with one attached hydrogen (secondary N) is 2. The summed E-state index contributed by atoms with van der Waals surface area (Å²) in [5.74, 6) is 0.451. The summed E-state index contributed by atoms with van der Waals surface area (Å²) < 4.78 is 0. The molecule has 0 saturated carbocycles. The van der Waals surface area contributed by atoms with E-state index < -0.39 is 0 Å². The van der Waals surface area contributed by atoms with Crippen LogP contribution in [-0.4, -0.2) is 25.0 Å². The fourth-order valence-corrected chi connectivity index (χ4v) is 2.12. The van der Waals surface area contributed by atoms with Gasteiger partial charge in [0, 0.05) is 12.6 Å². The smallest absolute Gasteiger partial charge is 0.224 e. The molecule has 0 spiro atoms. The number of rotatable bonds is 5. The van der Waals surface area contributed by atoms with Crippen LogP contribution < -0.4 is 10.6 Å². The standard InChI is InChI=1S/C12H24N2O.ClH/c1-3-6-11(4-2)14-12(15)10-7-5-8-13-9-10;/h10-11,13H,3-9H2,1-2H3,(H,14,15);1H. The van der Waals surface area contributed by atoms with Crippen molar-refractivity contribution in [3.63, 3.8) is 0 Å². The maximum absolute atomic E-state index is 11.9. The van der Waals surface area contributed by atoms with Gasteiger partial charge in [-0.15, -0.1) is 12.4 Å². The van der Waals surface area contributed by atoms with Crippen LogP contribution >= 0.6 is 12.4 Å². The van der Waals surface area contributed by atoms with Crippen molar-refractivity contribution in [1.29, 1.82) is 0 Å². The van der Waals surface area contributed by atoms with Crippen molar-refractivity contribution in [3.05, 3.63) is 0 Å².